The van der Waals surface area contributed by atoms with E-state index in [-0.39, 0.29) is 5.97 Å². The molecule has 2 aliphatic rings. The van der Waals surface area contributed by atoms with Crippen LogP contribution >= 0.6 is 0 Å². The molecule has 0 amide bonds. The van der Waals surface area contributed by atoms with Crippen molar-refractivity contribution in [2.24, 2.45) is 0 Å². The molecule has 0 atom stereocenters. The van der Waals surface area contributed by atoms with Crippen LogP contribution in [0.25, 0.3) is 11.1 Å². The van der Waals surface area contributed by atoms with Gasteiger partial charge < -0.3 is 4.74 Å². The molecule has 0 saturated carbocycles. The lowest BCUT2D eigenvalue weighted by atomic mass is 9.98. The highest BCUT2D eigenvalue weighted by molar-refractivity contribution is 6.05. The van der Waals surface area contributed by atoms with Crippen molar-refractivity contribution in [3.05, 3.63) is 59.7 Å². The van der Waals surface area contributed by atoms with E-state index in [2.05, 4.69) is 0 Å². The molecular weight excluding hydrogens is 200 g/mol. The normalized spacial score (nSPS) is 17.9. The van der Waals surface area contributed by atoms with E-state index >= 15 is 0 Å². The second kappa shape index (κ2) is 2.35. The van der Waals surface area contributed by atoms with Crippen molar-refractivity contribution < 1.29 is 9.53 Å². The molecule has 0 aromatic heterocycles. The Bertz CT molecular complexity index is 583. The van der Waals surface area contributed by atoms with Gasteiger partial charge in [-0.05, 0) is 11.1 Å². The zero-order chi connectivity index (χ0) is 10.8. The van der Waals surface area contributed by atoms with Gasteiger partial charge in [-0.2, -0.15) is 0 Å². The number of hydrogen-bond donors (Lipinski definition) is 0. The number of carbonyl (C=O) groups is 1. The molecule has 2 heteroatoms. The quantitative estimate of drug-likeness (QED) is 0.622. The minimum atomic E-state index is -0.771. The Labute approximate surface area is 92.5 Å². The summed E-state index contributed by atoms with van der Waals surface area (Å²) < 4.78 is 5.28. The average Bonchev–Trinajstić information content (AvgIpc) is 2.93. The van der Waals surface area contributed by atoms with Crippen LogP contribution in [0, 0.1) is 0 Å². The van der Waals surface area contributed by atoms with Crippen LogP contribution in [0.1, 0.15) is 11.1 Å². The lowest BCUT2D eigenvalue weighted by Gasteiger charge is -2.01. The number of fused-ring (bicyclic) bond motifs is 5. The maximum absolute atomic E-state index is 11.6. The van der Waals surface area contributed by atoms with E-state index in [0.717, 1.165) is 22.3 Å². The van der Waals surface area contributed by atoms with Gasteiger partial charge in [0, 0.05) is 11.1 Å². The highest BCUT2D eigenvalue weighted by Crippen LogP contribution is 2.57. The fourth-order valence-corrected chi connectivity index (χ4v) is 2.64. The van der Waals surface area contributed by atoms with Crippen LogP contribution < -0.4 is 0 Å². The summed E-state index contributed by atoms with van der Waals surface area (Å²) in [5.41, 5.74) is 3.43. The fraction of sp³-hybridized carbons (Fsp3) is 0.0714. The Morgan fingerprint density at radius 2 is 1.25 bits per heavy atom. The van der Waals surface area contributed by atoms with Crippen molar-refractivity contribution in [1.29, 1.82) is 0 Å². The van der Waals surface area contributed by atoms with Crippen LogP contribution in [-0.2, 0) is 15.1 Å². The Hall–Kier alpha value is -2.09. The maximum atomic E-state index is 11.6. The highest BCUT2D eigenvalue weighted by atomic mass is 16.7. The van der Waals surface area contributed by atoms with E-state index < -0.39 is 5.60 Å². The molecule has 76 valence electrons. The van der Waals surface area contributed by atoms with Gasteiger partial charge in [0.1, 0.15) is 0 Å². The van der Waals surface area contributed by atoms with Crippen LogP contribution in [0.15, 0.2) is 48.5 Å². The molecule has 1 aliphatic carbocycles. The summed E-state index contributed by atoms with van der Waals surface area (Å²) >= 11 is 0. The van der Waals surface area contributed by atoms with Crippen molar-refractivity contribution in [1.82, 2.24) is 0 Å². The van der Waals surface area contributed by atoms with E-state index in [1.165, 1.54) is 0 Å². The van der Waals surface area contributed by atoms with Crippen molar-refractivity contribution in [2.45, 2.75) is 5.60 Å². The van der Waals surface area contributed by atoms with Gasteiger partial charge in [0.05, 0.1) is 0 Å². The summed E-state index contributed by atoms with van der Waals surface area (Å²) in [6, 6.07) is 15.9. The van der Waals surface area contributed by atoms with Crippen molar-refractivity contribution in [3.63, 3.8) is 0 Å². The fourth-order valence-electron chi connectivity index (χ4n) is 2.64. The summed E-state index contributed by atoms with van der Waals surface area (Å²) in [6.07, 6.45) is 0. The molecule has 16 heavy (non-hydrogen) atoms. The molecule has 4 rings (SSSR count). The topological polar surface area (TPSA) is 29.6 Å². The first-order chi connectivity index (χ1) is 7.84. The van der Waals surface area contributed by atoms with Gasteiger partial charge in [-0.25, -0.2) is 4.79 Å². The first-order valence-electron chi connectivity index (χ1n) is 5.27. The third kappa shape index (κ3) is 0.703. The van der Waals surface area contributed by atoms with Crippen LogP contribution in [-0.4, -0.2) is 5.97 Å². The van der Waals surface area contributed by atoms with Gasteiger partial charge in [0.2, 0.25) is 0 Å². The largest absolute Gasteiger partial charge is 0.433 e. The lowest BCUT2D eigenvalue weighted by Crippen LogP contribution is -2.07. The second-order valence-corrected chi connectivity index (χ2v) is 4.16. The third-order valence-electron chi connectivity index (χ3n) is 3.39. The minimum Gasteiger partial charge on any atom is -0.433 e. The smallest absolute Gasteiger partial charge is 0.362 e. The number of rotatable bonds is 0. The van der Waals surface area contributed by atoms with E-state index in [1.54, 1.807) is 0 Å². The molecule has 2 aromatic rings. The van der Waals surface area contributed by atoms with Crippen molar-refractivity contribution >= 4 is 5.97 Å². The van der Waals surface area contributed by atoms with Crippen LogP contribution in [0.3, 0.4) is 0 Å². The predicted octanol–water partition coefficient (Wildman–Crippen LogP) is 2.47. The van der Waals surface area contributed by atoms with Gasteiger partial charge in [0.25, 0.3) is 5.60 Å². The lowest BCUT2D eigenvalue weighted by molar-refractivity contribution is -0.117. The predicted molar refractivity (Wildman–Crippen MR) is 58.8 cm³/mol. The molecule has 0 unspecified atom stereocenters. The molecule has 1 aliphatic heterocycles. The number of hydrogen-bond acceptors (Lipinski definition) is 2. The standard InChI is InChI=1S/C14H8O2/c15-13-14(16-13)11-7-3-1-5-9(11)10-6-2-4-8-12(10)14/h1-8H. The monoisotopic (exact) mass is 208 g/mol. The second-order valence-electron chi connectivity index (χ2n) is 4.16. The van der Waals surface area contributed by atoms with Crippen LogP contribution in [0.5, 0.6) is 0 Å². The van der Waals surface area contributed by atoms with Gasteiger partial charge in [-0.3, -0.25) is 0 Å². The average molecular weight is 208 g/mol. The van der Waals surface area contributed by atoms with Gasteiger partial charge >= 0.3 is 5.97 Å². The van der Waals surface area contributed by atoms with Crippen LogP contribution in [0.4, 0.5) is 0 Å². The van der Waals surface area contributed by atoms with Gasteiger partial charge in [-0.15, -0.1) is 0 Å². The molecular formula is C14H8O2. The summed E-state index contributed by atoms with van der Waals surface area (Å²) in [5.74, 6) is -0.134. The number of benzene rings is 2. The summed E-state index contributed by atoms with van der Waals surface area (Å²) in [7, 11) is 0. The molecule has 1 fully saturated rings. The van der Waals surface area contributed by atoms with E-state index in [1.807, 2.05) is 48.5 Å². The molecule has 1 heterocycles. The van der Waals surface area contributed by atoms with E-state index in [4.69, 9.17) is 4.74 Å². The zero-order valence-electron chi connectivity index (χ0n) is 8.44. The zero-order valence-corrected chi connectivity index (χ0v) is 8.44. The van der Waals surface area contributed by atoms with Crippen LogP contribution in [0.2, 0.25) is 0 Å². The maximum Gasteiger partial charge on any atom is 0.362 e. The molecule has 2 nitrogen and oxygen atoms in total. The molecule has 0 N–H and O–H groups in total. The minimum absolute atomic E-state index is 0.134. The SMILES string of the molecule is O=C1OC12c1ccccc1-c1ccccc12. The van der Waals surface area contributed by atoms with E-state index in [9.17, 15) is 4.79 Å². The number of ether oxygens (including phenoxy) is 1. The molecule has 0 bridgehead atoms. The van der Waals surface area contributed by atoms with Crippen molar-refractivity contribution in [2.75, 3.05) is 0 Å². The Kier molecular flexibility index (Phi) is 1.19. The summed E-state index contributed by atoms with van der Waals surface area (Å²) in [5, 5.41) is 0. The molecule has 1 spiro atoms. The Morgan fingerprint density at radius 1 is 0.812 bits per heavy atom. The van der Waals surface area contributed by atoms with Gasteiger partial charge in [-0.1, -0.05) is 48.5 Å². The summed E-state index contributed by atoms with van der Waals surface area (Å²) in [4.78, 5) is 11.6. The van der Waals surface area contributed by atoms with E-state index in [0.29, 0.717) is 0 Å². The first-order valence-corrected chi connectivity index (χ1v) is 5.27. The third-order valence-corrected chi connectivity index (χ3v) is 3.39. The highest BCUT2D eigenvalue weighted by Gasteiger charge is 2.65. The number of carbonyl (C=O) groups excluding carboxylic acids is 1. The number of epoxide rings is 1. The molecule has 1 saturated heterocycles. The van der Waals surface area contributed by atoms with Gasteiger partial charge in [0.15, 0.2) is 0 Å². The molecule has 0 radical (unpaired) electrons. The Morgan fingerprint density at radius 3 is 1.69 bits per heavy atom. The molecule has 2 aromatic carbocycles. The Balaban J connectivity index is 2.16. The first kappa shape index (κ1) is 8.11. The van der Waals surface area contributed by atoms with Crippen molar-refractivity contribution in [3.8, 4) is 11.1 Å². The summed E-state index contributed by atoms with van der Waals surface area (Å²) in [6.45, 7) is 0.